The molecule has 0 saturated carbocycles. The summed E-state index contributed by atoms with van der Waals surface area (Å²) in [7, 11) is 0. The maximum Gasteiger partial charge on any atom is 0.115 e. The van der Waals surface area contributed by atoms with Gasteiger partial charge in [-0.05, 0) is 30.9 Å². The minimum atomic E-state index is 1.02. The second kappa shape index (κ2) is 4.45. The van der Waals surface area contributed by atoms with E-state index in [0.717, 1.165) is 11.3 Å². The molecule has 15 heavy (non-hydrogen) atoms. The third-order valence-corrected chi connectivity index (χ3v) is 3.06. The van der Waals surface area contributed by atoms with Gasteiger partial charge >= 0.3 is 0 Å². The van der Waals surface area contributed by atoms with E-state index in [-0.39, 0.29) is 0 Å². The lowest BCUT2D eigenvalue weighted by Gasteiger charge is -2.04. The predicted octanol–water partition coefficient (Wildman–Crippen LogP) is 3.17. The van der Waals surface area contributed by atoms with Crippen LogP contribution in [0.2, 0.25) is 0 Å². The largest absolute Gasteiger partial charge is 0.244 e. The van der Waals surface area contributed by atoms with E-state index >= 15 is 0 Å². The van der Waals surface area contributed by atoms with Crippen LogP contribution in [0.1, 0.15) is 5.69 Å². The number of benzene rings is 1. The normalized spacial score (nSPS) is 10.3. The zero-order valence-corrected chi connectivity index (χ0v) is 9.58. The van der Waals surface area contributed by atoms with E-state index in [9.17, 15) is 0 Å². The van der Waals surface area contributed by atoms with Gasteiger partial charge in [-0.3, -0.25) is 0 Å². The van der Waals surface area contributed by atoms with Crippen LogP contribution in [0.25, 0.3) is 11.1 Å². The quantitative estimate of drug-likeness (QED) is 0.721. The van der Waals surface area contributed by atoms with E-state index in [1.807, 2.05) is 13.1 Å². The van der Waals surface area contributed by atoms with Gasteiger partial charge in [0.15, 0.2) is 0 Å². The first-order valence-electron chi connectivity index (χ1n) is 4.72. The fourth-order valence-electron chi connectivity index (χ4n) is 1.44. The first-order valence-corrected chi connectivity index (χ1v) is 5.95. The van der Waals surface area contributed by atoms with Crippen LogP contribution in [-0.4, -0.2) is 16.2 Å². The maximum atomic E-state index is 4.18. The molecule has 1 heterocycles. The molecule has 2 aromatic rings. The summed E-state index contributed by atoms with van der Waals surface area (Å²) in [4.78, 5) is 9.50. The molecule has 1 aromatic heterocycles. The highest BCUT2D eigenvalue weighted by Crippen LogP contribution is 2.23. The minimum Gasteiger partial charge on any atom is -0.244 e. The first kappa shape index (κ1) is 10.2. The first-order chi connectivity index (χ1) is 7.31. The van der Waals surface area contributed by atoms with Crippen molar-refractivity contribution in [2.45, 2.75) is 11.8 Å². The molecule has 0 unspecified atom stereocenters. The van der Waals surface area contributed by atoms with Crippen LogP contribution in [0, 0.1) is 6.92 Å². The van der Waals surface area contributed by atoms with Crippen LogP contribution in [-0.2, 0) is 0 Å². The zero-order valence-electron chi connectivity index (χ0n) is 8.77. The maximum absolute atomic E-state index is 4.18. The molecule has 0 radical (unpaired) electrons. The summed E-state index contributed by atoms with van der Waals surface area (Å²) >= 11 is 1.75. The molecular formula is C12H12N2S. The van der Waals surface area contributed by atoms with E-state index < -0.39 is 0 Å². The molecule has 0 N–H and O–H groups in total. The van der Waals surface area contributed by atoms with Gasteiger partial charge in [0.25, 0.3) is 0 Å². The smallest absolute Gasteiger partial charge is 0.115 e. The SMILES string of the molecule is CSc1ccc(-c2cncnc2C)cc1. The molecule has 0 fully saturated rings. The van der Waals surface area contributed by atoms with Gasteiger partial charge in [0.2, 0.25) is 0 Å². The van der Waals surface area contributed by atoms with Gasteiger partial charge in [0.1, 0.15) is 6.33 Å². The Kier molecular flexibility index (Phi) is 3.02. The predicted molar refractivity (Wildman–Crippen MR) is 64.0 cm³/mol. The van der Waals surface area contributed by atoms with Gasteiger partial charge in [0.05, 0.1) is 0 Å². The van der Waals surface area contributed by atoms with Gasteiger partial charge in [-0.25, -0.2) is 9.97 Å². The second-order valence-corrected chi connectivity index (χ2v) is 4.13. The lowest BCUT2D eigenvalue weighted by atomic mass is 10.1. The molecular weight excluding hydrogens is 204 g/mol. The molecule has 0 atom stereocenters. The molecule has 0 spiro atoms. The van der Waals surface area contributed by atoms with Crippen molar-refractivity contribution in [2.24, 2.45) is 0 Å². The molecule has 0 aliphatic rings. The number of hydrogen-bond acceptors (Lipinski definition) is 3. The van der Waals surface area contributed by atoms with Crippen LogP contribution in [0.3, 0.4) is 0 Å². The zero-order chi connectivity index (χ0) is 10.7. The molecule has 0 aliphatic heterocycles. The van der Waals surface area contributed by atoms with Crippen LogP contribution >= 0.6 is 11.8 Å². The van der Waals surface area contributed by atoms with E-state index in [1.165, 1.54) is 10.5 Å². The van der Waals surface area contributed by atoms with E-state index in [0.29, 0.717) is 0 Å². The molecule has 3 heteroatoms. The highest BCUT2D eigenvalue weighted by atomic mass is 32.2. The monoisotopic (exact) mass is 216 g/mol. The van der Waals surface area contributed by atoms with E-state index in [1.54, 1.807) is 18.1 Å². The molecule has 76 valence electrons. The molecule has 0 bridgehead atoms. The number of nitrogens with zero attached hydrogens (tertiary/aromatic N) is 2. The standard InChI is InChI=1S/C12H12N2S/c1-9-12(7-13-8-14-9)10-3-5-11(15-2)6-4-10/h3-8H,1-2H3. The van der Waals surface area contributed by atoms with Crippen molar-refractivity contribution in [1.82, 2.24) is 9.97 Å². The summed E-state index contributed by atoms with van der Waals surface area (Å²) in [5, 5.41) is 0. The summed E-state index contributed by atoms with van der Waals surface area (Å²) in [6, 6.07) is 8.45. The Morgan fingerprint density at radius 3 is 2.47 bits per heavy atom. The highest BCUT2D eigenvalue weighted by molar-refractivity contribution is 7.98. The number of hydrogen-bond donors (Lipinski definition) is 0. The average Bonchev–Trinajstić information content (AvgIpc) is 2.30. The number of thioether (sulfide) groups is 1. The Morgan fingerprint density at radius 2 is 1.87 bits per heavy atom. The minimum absolute atomic E-state index is 1.02. The summed E-state index contributed by atoms with van der Waals surface area (Å²) in [5.41, 5.74) is 3.29. The number of rotatable bonds is 2. The van der Waals surface area contributed by atoms with Gasteiger partial charge in [-0.15, -0.1) is 11.8 Å². The van der Waals surface area contributed by atoms with Crippen molar-refractivity contribution in [3.63, 3.8) is 0 Å². The van der Waals surface area contributed by atoms with Crippen LogP contribution < -0.4 is 0 Å². The van der Waals surface area contributed by atoms with Crippen molar-refractivity contribution in [2.75, 3.05) is 6.26 Å². The van der Waals surface area contributed by atoms with Crippen molar-refractivity contribution >= 4 is 11.8 Å². The number of aryl methyl sites for hydroxylation is 1. The van der Waals surface area contributed by atoms with Crippen molar-refractivity contribution < 1.29 is 0 Å². The molecule has 2 nitrogen and oxygen atoms in total. The average molecular weight is 216 g/mol. The second-order valence-electron chi connectivity index (χ2n) is 3.25. The summed E-state index contributed by atoms with van der Waals surface area (Å²) < 4.78 is 0. The molecule has 2 rings (SSSR count). The Hall–Kier alpha value is -1.35. The van der Waals surface area contributed by atoms with Crippen molar-refractivity contribution in [3.05, 3.63) is 42.5 Å². The lowest BCUT2D eigenvalue weighted by Crippen LogP contribution is -1.88. The summed E-state index contributed by atoms with van der Waals surface area (Å²) in [6.45, 7) is 2.00. The fourth-order valence-corrected chi connectivity index (χ4v) is 1.85. The van der Waals surface area contributed by atoms with E-state index in [4.69, 9.17) is 0 Å². The van der Waals surface area contributed by atoms with Gasteiger partial charge in [-0.1, -0.05) is 12.1 Å². The molecule has 0 amide bonds. The van der Waals surface area contributed by atoms with E-state index in [2.05, 4.69) is 40.5 Å². The third-order valence-electron chi connectivity index (χ3n) is 2.31. The topological polar surface area (TPSA) is 25.8 Å². The Balaban J connectivity index is 2.42. The Labute approximate surface area is 93.8 Å². The number of aromatic nitrogens is 2. The Morgan fingerprint density at radius 1 is 1.13 bits per heavy atom. The van der Waals surface area contributed by atoms with Gasteiger partial charge in [-0.2, -0.15) is 0 Å². The molecule has 1 aromatic carbocycles. The van der Waals surface area contributed by atoms with Gasteiger partial charge in [0, 0.05) is 22.3 Å². The van der Waals surface area contributed by atoms with Crippen molar-refractivity contribution in [3.8, 4) is 11.1 Å². The summed E-state index contributed by atoms with van der Waals surface area (Å²) in [5.74, 6) is 0. The summed E-state index contributed by atoms with van der Waals surface area (Å²) in [6.07, 6.45) is 5.51. The lowest BCUT2D eigenvalue weighted by molar-refractivity contribution is 1.10. The van der Waals surface area contributed by atoms with Crippen molar-refractivity contribution in [1.29, 1.82) is 0 Å². The fraction of sp³-hybridized carbons (Fsp3) is 0.167. The van der Waals surface area contributed by atoms with Crippen LogP contribution in [0.4, 0.5) is 0 Å². The van der Waals surface area contributed by atoms with Crippen LogP contribution in [0.15, 0.2) is 41.7 Å². The highest BCUT2D eigenvalue weighted by Gasteiger charge is 2.01. The molecule has 0 saturated heterocycles. The van der Waals surface area contributed by atoms with Gasteiger partial charge < -0.3 is 0 Å². The Bertz CT molecular complexity index is 451. The third kappa shape index (κ3) is 2.18. The molecule has 0 aliphatic carbocycles. The van der Waals surface area contributed by atoms with Crippen LogP contribution in [0.5, 0.6) is 0 Å².